The zero-order chi connectivity index (χ0) is 22.9. The molecule has 0 spiro atoms. The van der Waals surface area contributed by atoms with Gasteiger partial charge in [0.15, 0.2) is 0 Å². The summed E-state index contributed by atoms with van der Waals surface area (Å²) in [6, 6.07) is 11.8. The zero-order valence-corrected chi connectivity index (χ0v) is 18.7. The lowest BCUT2D eigenvalue weighted by Gasteiger charge is -2.28. The van der Waals surface area contributed by atoms with Gasteiger partial charge in [-0.15, -0.1) is 0 Å². The fourth-order valence-corrected chi connectivity index (χ4v) is 6.44. The third kappa shape index (κ3) is 4.99. The predicted molar refractivity (Wildman–Crippen MR) is 121 cm³/mol. The normalized spacial score (nSPS) is 23.1. The van der Waals surface area contributed by atoms with E-state index < -0.39 is 14.9 Å². The number of nitrogens with one attached hydrogen (secondary N) is 2. The van der Waals surface area contributed by atoms with E-state index in [1.54, 1.807) is 12.1 Å². The van der Waals surface area contributed by atoms with Crippen LogP contribution in [0.5, 0.6) is 0 Å². The maximum Gasteiger partial charge on any atom is 0.269 e. The van der Waals surface area contributed by atoms with Gasteiger partial charge in [-0.2, -0.15) is 0 Å². The van der Waals surface area contributed by atoms with Crippen LogP contribution in [-0.2, 0) is 21.2 Å². The highest BCUT2D eigenvalue weighted by Gasteiger charge is 2.42. The molecule has 0 radical (unpaired) electrons. The molecule has 0 heterocycles. The Morgan fingerprint density at radius 3 is 2.34 bits per heavy atom. The molecule has 2 saturated carbocycles. The third-order valence-electron chi connectivity index (χ3n) is 6.74. The second kappa shape index (κ2) is 8.99. The number of nitrogens with zero attached hydrogens (tertiary/aromatic N) is 1. The van der Waals surface area contributed by atoms with Gasteiger partial charge in [0.25, 0.3) is 5.69 Å². The Balaban J connectivity index is 1.33. The molecule has 9 heteroatoms. The number of carbonyl (C=O) groups is 1. The van der Waals surface area contributed by atoms with Crippen LogP contribution in [0, 0.1) is 27.9 Å². The lowest BCUT2D eigenvalue weighted by atomic mass is 9.84. The van der Waals surface area contributed by atoms with Crippen molar-refractivity contribution in [2.75, 3.05) is 5.32 Å². The van der Waals surface area contributed by atoms with Crippen LogP contribution in [0.25, 0.3) is 0 Å². The van der Waals surface area contributed by atoms with Gasteiger partial charge >= 0.3 is 0 Å². The number of carbonyl (C=O) groups excluding carboxylic acids is 1. The predicted octanol–water partition coefficient (Wildman–Crippen LogP) is 3.88. The number of benzene rings is 2. The second-order valence-corrected chi connectivity index (χ2v) is 10.6. The molecular formula is C23H27N3O5S. The minimum absolute atomic E-state index is 0.0330. The first kappa shape index (κ1) is 22.4. The summed E-state index contributed by atoms with van der Waals surface area (Å²) in [7, 11) is -3.64. The van der Waals surface area contributed by atoms with Crippen molar-refractivity contribution in [2.45, 2.75) is 50.0 Å². The second-order valence-electron chi connectivity index (χ2n) is 8.92. The molecule has 4 rings (SSSR count). The Kier molecular flexibility index (Phi) is 6.30. The first-order chi connectivity index (χ1) is 15.2. The number of anilines is 1. The van der Waals surface area contributed by atoms with Gasteiger partial charge in [0.2, 0.25) is 15.9 Å². The molecule has 0 aromatic heterocycles. The van der Waals surface area contributed by atoms with Crippen molar-refractivity contribution in [1.29, 1.82) is 0 Å². The summed E-state index contributed by atoms with van der Waals surface area (Å²) in [5.41, 5.74) is 1.09. The highest BCUT2D eigenvalue weighted by molar-refractivity contribution is 7.89. The molecule has 2 aliphatic rings. The highest BCUT2D eigenvalue weighted by Crippen LogP contribution is 2.49. The number of amides is 1. The molecule has 2 bridgehead atoms. The van der Waals surface area contributed by atoms with Crippen LogP contribution in [0.3, 0.4) is 0 Å². The molecule has 0 saturated heterocycles. The quantitative estimate of drug-likeness (QED) is 0.461. The van der Waals surface area contributed by atoms with Gasteiger partial charge in [0.1, 0.15) is 0 Å². The van der Waals surface area contributed by atoms with E-state index in [-0.39, 0.29) is 29.0 Å². The van der Waals surface area contributed by atoms with Crippen molar-refractivity contribution in [3.8, 4) is 0 Å². The molecule has 8 nitrogen and oxygen atoms in total. The average Bonchev–Trinajstić information content (AvgIpc) is 3.38. The smallest absolute Gasteiger partial charge is 0.269 e. The number of rotatable bonds is 8. The molecule has 0 aliphatic heterocycles. The maximum atomic E-state index is 12.8. The molecule has 32 heavy (non-hydrogen) atoms. The summed E-state index contributed by atoms with van der Waals surface area (Å²) in [6.07, 6.45) is 4.87. The molecule has 2 aromatic carbocycles. The standard InChI is InChI=1S/C23H27N3O5S/c1-15(22-13-17-2-5-18(22)12-17)25-32(30,31)21-10-6-19(7-11-21)24-23(27)14-16-3-8-20(9-4-16)26(28)29/h3-4,6-11,15,17-18,22,25H,2,5,12-14H2,1H3,(H,24,27). The Morgan fingerprint density at radius 1 is 1.09 bits per heavy atom. The van der Waals surface area contributed by atoms with E-state index in [1.807, 2.05) is 6.92 Å². The van der Waals surface area contributed by atoms with Gasteiger partial charge in [-0.05, 0) is 73.8 Å². The summed E-state index contributed by atoms with van der Waals surface area (Å²) < 4.78 is 28.5. The number of hydrogen-bond acceptors (Lipinski definition) is 5. The highest BCUT2D eigenvalue weighted by atomic mass is 32.2. The van der Waals surface area contributed by atoms with Gasteiger partial charge in [-0.1, -0.05) is 18.6 Å². The topological polar surface area (TPSA) is 118 Å². The van der Waals surface area contributed by atoms with Crippen molar-refractivity contribution in [1.82, 2.24) is 4.72 Å². The monoisotopic (exact) mass is 457 g/mol. The molecule has 2 aromatic rings. The summed E-state index contributed by atoms with van der Waals surface area (Å²) in [4.78, 5) is 22.6. The minimum atomic E-state index is -3.64. The van der Waals surface area contributed by atoms with Crippen LogP contribution < -0.4 is 10.0 Å². The molecule has 2 aliphatic carbocycles. The molecular weight excluding hydrogens is 430 g/mol. The lowest BCUT2D eigenvalue weighted by molar-refractivity contribution is -0.384. The SMILES string of the molecule is CC(NS(=O)(=O)c1ccc(NC(=O)Cc2ccc([N+](=O)[O-])cc2)cc1)C1CC2CCC1C2. The summed E-state index contributed by atoms with van der Waals surface area (Å²) in [6.45, 7) is 1.95. The Hall–Kier alpha value is -2.78. The van der Waals surface area contributed by atoms with Crippen molar-refractivity contribution in [3.63, 3.8) is 0 Å². The van der Waals surface area contributed by atoms with Crippen molar-refractivity contribution in [3.05, 3.63) is 64.2 Å². The van der Waals surface area contributed by atoms with Crippen LogP contribution in [0.4, 0.5) is 11.4 Å². The molecule has 4 unspecified atom stereocenters. The molecule has 170 valence electrons. The molecule has 2 fully saturated rings. The van der Waals surface area contributed by atoms with Crippen molar-refractivity contribution in [2.24, 2.45) is 17.8 Å². The summed E-state index contributed by atoms with van der Waals surface area (Å²) in [5, 5.41) is 13.4. The van der Waals surface area contributed by atoms with Crippen LogP contribution in [-0.4, -0.2) is 25.3 Å². The van der Waals surface area contributed by atoms with E-state index in [2.05, 4.69) is 10.0 Å². The van der Waals surface area contributed by atoms with Crippen LogP contribution in [0.2, 0.25) is 0 Å². The number of non-ortho nitro benzene ring substituents is 1. The number of hydrogen-bond donors (Lipinski definition) is 2. The lowest BCUT2D eigenvalue weighted by Crippen LogP contribution is -2.40. The zero-order valence-electron chi connectivity index (χ0n) is 17.9. The minimum Gasteiger partial charge on any atom is -0.326 e. The van der Waals surface area contributed by atoms with E-state index in [1.165, 1.54) is 55.7 Å². The largest absolute Gasteiger partial charge is 0.326 e. The Bertz CT molecular complexity index is 1100. The van der Waals surface area contributed by atoms with E-state index in [4.69, 9.17) is 0 Å². The van der Waals surface area contributed by atoms with E-state index in [0.717, 1.165) is 12.3 Å². The first-order valence-electron chi connectivity index (χ1n) is 10.9. The fourth-order valence-electron chi connectivity index (χ4n) is 5.15. The van der Waals surface area contributed by atoms with Crippen LogP contribution in [0.15, 0.2) is 53.4 Å². The van der Waals surface area contributed by atoms with E-state index in [9.17, 15) is 23.3 Å². The van der Waals surface area contributed by atoms with Gasteiger partial charge in [-0.25, -0.2) is 13.1 Å². The van der Waals surface area contributed by atoms with Gasteiger partial charge in [-0.3, -0.25) is 14.9 Å². The van der Waals surface area contributed by atoms with Crippen LogP contribution in [0.1, 0.15) is 38.2 Å². The van der Waals surface area contributed by atoms with Gasteiger partial charge in [0, 0.05) is 23.9 Å². The number of nitro benzene ring substituents is 1. The van der Waals surface area contributed by atoms with E-state index >= 15 is 0 Å². The van der Waals surface area contributed by atoms with Crippen molar-refractivity contribution >= 4 is 27.3 Å². The molecule has 1 amide bonds. The average molecular weight is 458 g/mol. The number of sulfonamides is 1. The summed E-state index contributed by atoms with van der Waals surface area (Å²) >= 11 is 0. The third-order valence-corrected chi connectivity index (χ3v) is 8.31. The maximum absolute atomic E-state index is 12.8. The first-order valence-corrected chi connectivity index (χ1v) is 12.3. The summed E-state index contributed by atoms with van der Waals surface area (Å²) in [5.74, 6) is 1.50. The number of nitro groups is 1. The fraction of sp³-hybridized carbons (Fsp3) is 0.435. The Morgan fingerprint density at radius 2 is 1.78 bits per heavy atom. The van der Waals surface area contributed by atoms with Gasteiger partial charge < -0.3 is 5.32 Å². The number of fused-ring (bicyclic) bond motifs is 2. The van der Waals surface area contributed by atoms with Crippen LogP contribution >= 0.6 is 0 Å². The van der Waals surface area contributed by atoms with E-state index in [0.29, 0.717) is 23.1 Å². The van der Waals surface area contributed by atoms with Crippen molar-refractivity contribution < 1.29 is 18.1 Å². The molecule has 2 N–H and O–H groups in total. The van der Waals surface area contributed by atoms with Gasteiger partial charge in [0.05, 0.1) is 16.2 Å². The molecule has 4 atom stereocenters. The Labute approximate surface area is 187 Å².